The monoisotopic (exact) mass is 276 g/mol. The number of nitrogens with zero attached hydrogens (tertiary/aromatic N) is 1. The zero-order chi connectivity index (χ0) is 14.9. The Bertz CT molecular complexity index is 463. The Morgan fingerprint density at radius 3 is 2.65 bits per heavy atom. The van der Waals surface area contributed by atoms with Gasteiger partial charge >= 0.3 is 0 Å². The summed E-state index contributed by atoms with van der Waals surface area (Å²) in [5.41, 5.74) is 8.56. The minimum atomic E-state index is -0.210. The summed E-state index contributed by atoms with van der Waals surface area (Å²) < 4.78 is 6.16. The Morgan fingerprint density at radius 1 is 1.40 bits per heavy atom. The lowest BCUT2D eigenvalue weighted by Crippen LogP contribution is -2.51. The standard InChI is InChI=1S/C17H28N2O/c1-6-13-7-8-15-14(9-13)19(11-17(4,5)18)10-16(20-15)12(2)3/h7-9,12,16H,6,10-11,18H2,1-5H3. The summed E-state index contributed by atoms with van der Waals surface area (Å²) in [6.07, 6.45) is 1.28. The van der Waals surface area contributed by atoms with E-state index in [2.05, 4.69) is 57.7 Å². The van der Waals surface area contributed by atoms with E-state index < -0.39 is 0 Å². The second-order valence-electron chi connectivity index (χ2n) is 6.93. The molecule has 1 heterocycles. The summed E-state index contributed by atoms with van der Waals surface area (Å²) in [5, 5.41) is 0. The van der Waals surface area contributed by atoms with Crippen LogP contribution < -0.4 is 15.4 Å². The van der Waals surface area contributed by atoms with Gasteiger partial charge in [0.15, 0.2) is 0 Å². The van der Waals surface area contributed by atoms with Crippen molar-refractivity contribution in [3.05, 3.63) is 23.8 Å². The fourth-order valence-corrected chi connectivity index (χ4v) is 2.63. The van der Waals surface area contributed by atoms with E-state index in [-0.39, 0.29) is 11.6 Å². The fourth-order valence-electron chi connectivity index (χ4n) is 2.63. The predicted octanol–water partition coefficient (Wildman–Crippen LogP) is 3.21. The Kier molecular flexibility index (Phi) is 4.28. The molecule has 0 aliphatic carbocycles. The number of aryl methyl sites for hydroxylation is 1. The van der Waals surface area contributed by atoms with Crippen molar-refractivity contribution in [2.45, 2.75) is 52.7 Å². The topological polar surface area (TPSA) is 38.5 Å². The first-order chi connectivity index (χ1) is 9.30. The molecule has 0 radical (unpaired) electrons. The molecule has 0 amide bonds. The molecule has 2 N–H and O–H groups in total. The van der Waals surface area contributed by atoms with Crippen LogP contribution in [0.5, 0.6) is 5.75 Å². The van der Waals surface area contributed by atoms with Gasteiger partial charge in [0.25, 0.3) is 0 Å². The van der Waals surface area contributed by atoms with E-state index in [0.717, 1.165) is 25.3 Å². The molecule has 1 aliphatic rings. The highest BCUT2D eigenvalue weighted by molar-refractivity contribution is 5.62. The van der Waals surface area contributed by atoms with Crippen LogP contribution in [-0.4, -0.2) is 24.7 Å². The highest BCUT2D eigenvalue weighted by Gasteiger charge is 2.30. The van der Waals surface area contributed by atoms with Crippen LogP contribution in [0, 0.1) is 5.92 Å². The normalized spacial score (nSPS) is 18.9. The molecule has 3 nitrogen and oxygen atoms in total. The molecular formula is C17H28N2O. The van der Waals surface area contributed by atoms with E-state index in [9.17, 15) is 0 Å². The van der Waals surface area contributed by atoms with E-state index >= 15 is 0 Å². The molecule has 1 aromatic carbocycles. The average Bonchev–Trinajstić information content (AvgIpc) is 2.36. The van der Waals surface area contributed by atoms with Crippen molar-refractivity contribution in [1.82, 2.24) is 0 Å². The molecule has 0 aromatic heterocycles. The van der Waals surface area contributed by atoms with Crippen molar-refractivity contribution in [2.75, 3.05) is 18.0 Å². The number of hydrogen-bond donors (Lipinski definition) is 1. The highest BCUT2D eigenvalue weighted by Crippen LogP contribution is 2.36. The largest absolute Gasteiger partial charge is 0.486 e. The van der Waals surface area contributed by atoms with Crippen LogP contribution in [-0.2, 0) is 6.42 Å². The highest BCUT2D eigenvalue weighted by atomic mass is 16.5. The summed E-state index contributed by atoms with van der Waals surface area (Å²) in [5.74, 6) is 1.49. The summed E-state index contributed by atoms with van der Waals surface area (Å²) >= 11 is 0. The molecule has 0 spiro atoms. The van der Waals surface area contributed by atoms with Crippen LogP contribution in [0.3, 0.4) is 0 Å². The lowest BCUT2D eigenvalue weighted by atomic mass is 10.00. The van der Waals surface area contributed by atoms with Gasteiger partial charge in [-0.3, -0.25) is 0 Å². The molecular weight excluding hydrogens is 248 g/mol. The van der Waals surface area contributed by atoms with Crippen LogP contribution in [0.2, 0.25) is 0 Å². The SMILES string of the molecule is CCc1ccc2c(c1)N(CC(C)(C)N)CC(C(C)C)O2. The number of rotatable bonds is 4. The maximum absolute atomic E-state index is 6.23. The van der Waals surface area contributed by atoms with Crippen molar-refractivity contribution < 1.29 is 4.74 Å². The zero-order valence-corrected chi connectivity index (χ0v) is 13.4. The minimum absolute atomic E-state index is 0.210. The number of anilines is 1. The molecule has 0 saturated heterocycles. The third-order valence-electron chi connectivity index (χ3n) is 3.79. The third kappa shape index (κ3) is 3.45. The van der Waals surface area contributed by atoms with Gasteiger partial charge in [-0.25, -0.2) is 0 Å². The third-order valence-corrected chi connectivity index (χ3v) is 3.79. The van der Waals surface area contributed by atoms with Crippen LogP contribution >= 0.6 is 0 Å². The zero-order valence-electron chi connectivity index (χ0n) is 13.4. The molecule has 0 fully saturated rings. The van der Waals surface area contributed by atoms with E-state index in [1.165, 1.54) is 11.3 Å². The van der Waals surface area contributed by atoms with Crippen LogP contribution in [0.15, 0.2) is 18.2 Å². The summed E-state index contributed by atoms with van der Waals surface area (Å²) in [7, 11) is 0. The van der Waals surface area contributed by atoms with E-state index in [0.29, 0.717) is 5.92 Å². The summed E-state index contributed by atoms with van der Waals surface area (Å²) in [6, 6.07) is 6.52. The Balaban J connectivity index is 2.35. The summed E-state index contributed by atoms with van der Waals surface area (Å²) in [6.45, 7) is 12.5. The van der Waals surface area contributed by atoms with Gasteiger partial charge in [0, 0.05) is 12.1 Å². The van der Waals surface area contributed by atoms with Gasteiger partial charge in [0.1, 0.15) is 11.9 Å². The van der Waals surface area contributed by atoms with Gasteiger partial charge in [0.05, 0.1) is 12.2 Å². The Labute approximate surface area is 123 Å². The van der Waals surface area contributed by atoms with Crippen LogP contribution in [0.1, 0.15) is 40.2 Å². The number of fused-ring (bicyclic) bond motifs is 1. The number of nitrogens with two attached hydrogens (primary N) is 1. The van der Waals surface area contributed by atoms with Gasteiger partial charge in [-0.2, -0.15) is 0 Å². The maximum Gasteiger partial charge on any atom is 0.143 e. The molecule has 1 atom stereocenters. The van der Waals surface area contributed by atoms with Crippen LogP contribution in [0.25, 0.3) is 0 Å². The lowest BCUT2D eigenvalue weighted by Gasteiger charge is -2.41. The Hall–Kier alpha value is -1.22. The van der Waals surface area contributed by atoms with Gasteiger partial charge in [-0.05, 0) is 43.9 Å². The number of ether oxygens (including phenoxy) is 1. The number of benzene rings is 1. The predicted molar refractivity (Wildman–Crippen MR) is 85.6 cm³/mol. The van der Waals surface area contributed by atoms with Crippen molar-refractivity contribution in [1.29, 1.82) is 0 Å². The molecule has 0 saturated carbocycles. The minimum Gasteiger partial charge on any atom is -0.486 e. The van der Waals surface area contributed by atoms with Crippen LogP contribution in [0.4, 0.5) is 5.69 Å². The molecule has 3 heteroatoms. The first-order valence-electron chi connectivity index (χ1n) is 7.63. The molecule has 20 heavy (non-hydrogen) atoms. The van der Waals surface area contributed by atoms with Gasteiger partial charge in [-0.1, -0.05) is 26.8 Å². The molecule has 0 bridgehead atoms. The molecule has 1 aliphatic heterocycles. The first-order valence-corrected chi connectivity index (χ1v) is 7.63. The van der Waals surface area contributed by atoms with Gasteiger partial charge in [0.2, 0.25) is 0 Å². The van der Waals surface area contributed by atoms with Crippen molar-refractivity contribution >= 4 is 5.69 Å². The van der Waals surface area contributed by atoms with E-state index in [1.807, 2.05) is 0 Å². The molecule has 1 unspecified atom stereocenters. The quantitative estimate of drug-likeness (QED) is 0.917. The first kappa shape index (κ1) is 15.2. The van der Waals surface area contributed by atoms with Gasteiger partial charge < -0.3 is 15.4 Å². The van der Waals surface area contributed by atoms with Gasteiger partial charge in [-0.15, -0.1) is 0 Å². The molecule has 112 valence electrons. The van der Waals surface area contributed by atoms with E-state index in [1.54, 1.807) is 0 Å². The average molecular weight is 276 g/mol. The fraction of sp³-hybridized carbons (Fsp3) is 0.647. The molecule has 1 aromatic rings. The van der Waals surface area contributed by atoms with Crippen molar-refractivity contribution in [3.63, 3.8) is 0 Å². The second-order valence-corrected chi connectivity index (χ2v) is 6.93. The maximum atomic E-state index is 6.23. The summed E-state index contributed by atoms with van der Waals surface area (Å²) in [4.78, 5) is 2.39. The van der Waals surface area contributed by atoms with E-state index in [4.69, 9.17) is 10.5 Å². The number of hydrogen-bond acceptors (Lipinski definition) is 3. The Morgan fingerprint density at radius 2 is 2.10 bits per heavy atom. The van der Waals surface area contributed by atoms with Crippen molar-refractivity contribution in [3.8, 4) is 5.75 Å². The lowest BCUT2D eigenvalue weighted by molar-refractivity contribution is 0.144. The smallest absolute Gasteiger partial charge is 0.143 e. The van der Waals surface area contributed by atoms with Crippen molar-refractivity contribution in [2.24, 2.45) is 11.7 Å². The molecule has 2 rings (SSSR count). The second kappa shape index (κ2) is 5.65.